The molecule has 0 unspecified atom stereocenters. The van der Waals surface area contributed by atoms with Crippen molar-refractivity contribution < 1.29 is 9.21 Å². The number of aryl methyl sites for hydroxylation is 1. The van der Waals surface area contributed by atoms with Crippen molar-refractivity contribution in [2.75, 3.05) is 0 Å². The molecule has 4 heteroatoms. The number of carbonyl (C=O) groups is 1. The fourth-order valence-corrected chi connectivity index (χ4v) is 2.97. The maximum absolute atomic E-state index is 12.6. The summed E-state index contributed by atoms with van der Waals surface area (Å²) in [6.07, 6.45) is 0.201. The van der Waals surface area contributed by atoms with Crippen LogP contribution in [-0.4, -0.2) is 10.8 Å². The second kappa shape index (κ2) is 5.98. The Hall–Kier alpha value is -3.27. The molecule has 0 saturated heterocycles. The van der Waals surface area contributed by atoms with Crippen molar-refractivity contribution in [3.63, 3.8) is 0 Å². The third kappa shape index (κ3) is 2.94. The molecule has 2 aromatic carbocycles. The summed E-state index contributed by atoms with van der Waals surface area (Å²) in [7, 11) is 0. The molecule has 4 rings (SSSR count). The Labute approximate surface area is 143 Å². The van der Waals surface area contributed by atoms with Gasteiger partial charge in [0.05, 0.1) is 11.9 Å². The summed E-state index contributed by atoms with van der Waals surface area (Å²) in [5.74, 6) is -0.0613. The zero-order valence-electron chi connectivity index (χ0n) is 13.7. The molecule has 0 atom stereocenters. The predicted molar refractivity (Wildman–Crippen MR) is 97.0 cm³/mol. The third-order valence-corrected chi connectivity index (χ3v) is 4.27. The fourth-order valence-electron chi connectivity index (χ4n) is 2.97. The van der Waals surface area contributed by atoms with Gasteiger partial charge in [-0.25, -0.2) is 4.79 Å². The van der Waals surface area contributed by atoms with E-state index < -0.39 is 5.63 Å². The average Bonchev–Trinajstić information content (AvgIpc) is 2.61. The number of carbonyl (C=O) groups excluding carboxylic acids is 1. The van der Waals surface area contributed by atoms with Gasteiger partial charge in [-0.3, -0.25) is 9.78 Å². The normalized spacial score (nSPS) is 11.1. The number of benzene rings is 2. The van der Waals surface area contributed by atoms with Gasteiger partial charge in [0, 0.05) is 28.1 Å². The molecular formula is C21H15NO3. The van der Waals surface area contributed by atoms with E-state index in [1.165, 1.54) is 6.07 Å². The number of pyridine rings is 1. The molecule has 2 aromatic heterocycles. The topological polar surface area (TPSA) is 60.2 Å². The highest BCUT2D eigenvalue weighted by atomic mass is 16.4. The van der Waals surface area contributed by atoms with Crippen molar-refractivity contribution >= 4 is 27.7 Å². The number of rotatable bonds is 3. The summed E-state index contributed by atoms with van der Waals surface area (Å²) >= 11 is 0. The van der Waals surface area contributed by atoms with Gasteiger partial charge in [-0.15, -0.1) is 0 Å². The third-order valence-electron chi connectivity index (χ3n) is 4.27. The maximum atomic E-state index is 12.6. The molecule has 2 heterocycles. The molecule has 0 spiro atoms. The molecule has 0 radical (unpaired) electrons. The van der Waals surface area contributed by atoms with E-state index in [-0.39, 0.29) is 12.2 Å². The summed E-state index contributed by atoms with van der Waals surface area (Å²) in [6.45, 7) is 1.85. The van der Waals surface area contributed by atoms with E-state index in [1.54, 1.807) is 12.1 Å². The quantitative estimate of drug-likeness (QED) is 0.420. The minimum absolute atomic E-state index is 0.0613. The number of nitrogens with zero attached hydrogens (tertiary/aromatic N) is 1. The first-order valence-corrected chi connectivity index (χ1v) is 8.02. The molecule has 0 aliphatic rings. The fraction of sp³-hybridized carbons (Fsp3) is 0.0952. The molecule has 4 nitrogen and oxygen atoms in total. The van der Waals surface area contributed by atoms with E-state index in [0.717, 1.165) is 27.5 Å². The Balaban J connectivity index is 1.67. The molecule has 0 amide bonds. The molecule has 122 valence electrons. The van der Waals surface area contributed by atoms with Crippen molar-refractivity contribution in [1.82, 2.24) is 4.98 Å². The van der Waals surface area contributed by atoms with Gasteiger partial charge in [-0.05, 0) is 30.7 Å². The van der Waals surface area contributed by atoms with Crippen molar-refractivity contribution in [3.8, 4) is 0 Å². The number of ketones is 1. The van der Waals surface area contributed by atoms with Crippen LogP contribution in [0.5, 0.6) is 0 Å². The van der Waals surface area contributed by atoms with Gasteiger partial charge in [0.1, 0.15) is 5.58 Å². The summed E-state index contributed by atoms with van der Waals surface area (Å²) in [5.41, 5.74) is 2.95. The van der Waals surface area contributed by atoms with Crippen LogP contribution in [0.3, 0.4) is 0 Å². The molecular weight excluding hydrogens is 314 g/mol. The van der Waals surface area contributed by atoms with Gasteiger partial charge in [-0.1, -0.05) is 36.4 Å². The van der Waals surface area contributed by atoms with E-state index >= 15 is 0 Å². The first-order chi connectivity index (χ1) is 12.1. The van der Waals surface area contributed by atoms with Crippen LogP contribution < -0.4 is 5.63 Å². The number of aromatic nitrogens is 1. The van der Waals surface area contributed by atoms with Crippen molar-refractivity contribution in [2.24, 2.45) is 0 Å². The molecule has 0 aliphatic heterocycles. The minimum Gasteiger partial charge on any atom is -0.423 e. The van der Waals surface area contributed by atoms with Crippen LogP contribution in [0, 0.1) is 6.92 Å². The lowest BCUT2D eigenvalue weighted by Crippen LogP contribution is -2.06. The van der Waals surface area contributed by atoms with Crippen molar-refractivity contribution in [3.05, 3.63) is 87.9 Å². The van der Waals surface area contributed by atoms with Gasteiger partial charge < -0.3 is 4.42 Å². The second-order valence-electron chi connectivity index (χ2n) is 6.05. The molecule has 0 fully saturated rings. The lowest BCUT2D eigenvalue weighted by atomic mass is 10.0. The standard InChI is InChI=1S/C21H15NO3/c1-13-10-21(24)25-20-11-15(7-9-17(13)20)19(23)12-16-8-6-14-4-2-3-5-18(14)22-16/h2-11H,12H2,1H3. The van der Waals surface area contributed by atoms with Gasteiger partial charge in [0.15, 0.2) is 5.78 Å². The Morgan fingerprint density at radius 2 is 1.88 bits per heavy atom. The van der Waals surface area contributed by atoms with Gasteiger partial charge in [0.2, 0.25) is 0 Å². The largest absolute Gasteiger partial charge is 0.423 e. The van der Waals surface area contributed by atoms with Gasteiger partial charge in [-0.2, -0.15) is 0 Å². The molecule has 25 heavy (non-hydrogen) atoms. The molecule has 0 bridgehead atoms. The number of para-hydroxylation sites is 1. The van der Waals surface area contributed by atoms with Gasteiger partial charge >= 0.3 is 5.63 Å². The second-order valence-corrected chi connectivity index (χ2v) is 6.05. The highest BCUT2D eigenvalue weighted by Gasteiger charge is 2.11. The predicted octanol–water partition coefficient (Wildman–Crippen LogP) is 4.08. The zero-order chi connectivity index (χ0) is 17.4. The van der Waals surface area contributed by atoms with Crippen LogP contribution in [-0.2, 0) is 6.42 Å². The van der Waals surface area contributed by atoms with Crippen LogP contribution >= 0.6 is 0 Å². The Morgan fingerprint density at radius 3 is 2.76 bits per heavy atom. The lowest BCUT2D eigenvalue weighted by molar-refractivity contribution is 0.0992. The summed E-state index contributed by atoms with van der Waals surface area (Å²) in [5, 5.41) is 1.88. The first-order valence-electron chi connectivity index (χ1n) is 8.02. The molecule has 0 saturated carbocycles. The minimum atomic E-state index is -0.411. The first kappa shape index (κ1) is 15.3. The number of fused-ring (bicyclic) bond motifs is 2. The Bertz CT molecular complexity index is 1170. The van der Waals surface area contributed by atoms with E-state index in [9.17, 15) is 9.59 Å². The summed E-state index contributed by atoms with van der Waals surface area (Å²) in [4.78, 5) is 28.7. The SMILES string of the molecule is Cc1cc(=O)oc2cc(C(=O)Cc3ccc4ccccc4n3)ccc12. The van der Waals surface area contributed by atoms with E-state index in [0.29, 0.717) is 11.1 Å². The smallest absolute Gasteiger partial charge is 0.336 e. The monoisotopic (exact) mass is 329 g/mol. The lowest BCUT2D eigenvalue weighted by Gasteiger charge is -2.05. The number of Topliss-reactive ketones (excluding diaryl/α,β-unsaturated/α-hetero) is 1. The van der Waals surface area contributed by atoms with E-state index in [4.69, 9.17) is 4.42 Å². The maximum Gasteiger partial charge on any atom is 0.336 e. The van der Waals surface area contributed by atoms with Crippen LogP contribution in [0.15, 0.2) is 69.9 Å². The molecule has 0 aliphatic carbocycles. The van der Waals surface area contributed by atoms with Gasteiger partial charge in [0.25, 0.3) is 0 Å². The number of hydrogen-bond acceptors (Lipinski definition) is 4. The van der Waals surface area contributed by atoms with E-state index in [1.807, 2.05) is 49.4 Å². The van der Waals surface area contributed by atoms with Crippen molar-refractivity contribution in [2.45, 2.75) is 13.3 Å². The molecule has 0 N–H and O–H groups in total. The molecule has 4 aromatic rings. The van der Waals surface area contributed by atoms with Crippen LogP contribution in [0.4, 0.5) is 0 Å². The summed E-state index contributed by atoms with van der Waals surface area (Å²) < 4.78 is 5.22. The average molecular weight is 329 g/mol. The van der Waals surface area contributed by atoms with Crippen LogP contribution in [0.2, 0.25) is 0 Å². The van der Waals surface area contributed by atoms with E-state index in [2.05, 4.69) is 4.98 Å². The zero-order valence-corrected chi connectivity index (χ0v) is 13.7. The number of hydrogen-bond donors (Lipinski definition) is 0. The highest BCUT2D eigenvalue weighted by Crippen LogP contribution is 2.19. The summed E-state index contributed by atoms with van der Waals surface area (Å²) in [6, 6.07) is 18.3. The highest BCUT2D eigenvalue weighted by molar-refractivity contribution is 6.00. The Morgan fingerprint density at radius 1 is 1.04 bits per heavy atom. The van der Waals surface area contributed by atoms with Crippen LogP contribution in [0.25, 0.3) is 21.9 Å². The Kier molecular flexibility index (Phi) is 3.65. The van der Waals surface area contributed by atoms with Crippen LogP contribution in [0.1, 0.15) is 21.6 Å². The van der Waals surface area contributed by atoms with Crippen molar-refractivity contribution in [1.29, 1.82) is 0 Å².